The van der Waals surface area contributed by atoms with Gasteiger partial charge in [0.15, 0.2) is 5.95 Å². The summed E-state index contributed by atoms with van der Waals surface area (Å²) in [4.78, 5) is 4.25. The zero-order valence-electron chi connectivity index (χ0n) is 32.8. The predicted molar refractivity (Wildman–Crippen MR) is 222 cm³/mol. The maximum Gasteiger partial charge on any atom is 0.217 e. The van der Waals surface area contributed by atoms with E-state index < -0.39 is 15.3 Å². The molecule has 1 fully saturated rings. The fourth-order valence-electron chi connectivity index (χ4n) is 8.65. The molecule has 2 heterocycles. The van der Waals surface area contributed by atoms with Gasteiger partial charge in [0.25, 0.3) is 0 Å². The average Bonchev–Trinajstić information content (AvgIpc) is 3.64. The Bertz CT molecular complexity index is 2080. The van der Waals surface area contributed by atoms with Crippen LogP contribution in [0.3, 0.4) is 0 Å². The van der Waals surface area contributed by atoms with E-state index in [1.165, 1.54) is 15.4 Å². The molecule has 3 atom stereocenters. The Morgan fingerprint density at radius 3 is 2.32 bits per heavy atom. The maximum atomic E-state index is 16.5. The zero-order valence-corrected chi connectivity index (χ0v) is 34.4. The number of methoxy groups -OCH3 is 2. The molecule has 56 heavy (non-hydrogen) atoms. The largest absolute Gasteiger partial charge is 0.497 e. The lowest BCUT2D eigenvalue weighted by molar-refractivity contribution is 0.192. The number of halogens is 2. The van der Waals surface area contributed by atoms with E-state index in [-0.39, 0.29) is 43.5 Å². The van der Waals surface area contributed by atoms with Gasteiger partial charge in [0.1, 0.15) is 23.4 Å². The maximum absolute atomic E-state index is 16.5. The van der Waals surface area contributed by atoms with Crippen LogP contribution in [0.1, 0.15) is 73.3 Å². The van der Waals surface area contributed by atoms with Crippen LogP contribution in [0.15, 0.2) is 97.0 Å². The van der Waals surface area contributed by atoms with Gasteiger partial charge in [-0.3, -0.25) is 0 Å². The molecular weight excluding hydrogens is 749 g/mol. The molecule has 0 saturated carbocycles. The van der Waals surface area contributed by atoms with E-state index >= 15 is 4.39 Å². The topological polar surface area (TPSA) is 71.6 Å². The molecule has 0 N–H and O–H groups in total. The van der Waals surface area contributed by atoms with Gasteiger partial charge in [-0.2, -0.15) is 8.70 Å². The van der Waals surface area contributed by atoms with Crippen LogP contribution in [0.2, 0.25) is 5.02 Å². The van der Waals surface area contributed by atoms with Crippen LogP contribution in [0.5, 0.6) is 17.2 Å². The van der Waals surface area contributed by atoms with E-state index in [9.17, 15) is 8.42 Å². The van der Waals surface area contributed by atoms with E-state index in [0.29, 0.717) is 31.2 Å². The summed E-state index contributed by atoms with van der Waals surface area (Å²) in [7, 11) is -0.579. The standard InChI is InChI=1S/C45H53ClFN3O5S/c1-32-12-23-42-41(26-32)50(30-45(31-55-42)24-6-9-36-27-37(46)17-22-40(36)45)44-11-7-25-49(44)43(47)10-5-8-33(2)56(51,52)48(28-34-13-18-38(53-3)19-14-34)29-35-15-20-39(54-4)21-16-35/h10,12-23,26-27,33,44H,5-9,11,24-25,28-31H2,1-4H3/b43-10+. The Morgan fingerprint density at radius 2 is 1.66 bits per heavy atom. The molecule has 1 saturated heterocycles. The Hall–Kier alpha value is -4.25. The second kappa shape index (κ2) is 17.1. The van der Waals surface area contributed by atoms with Crippen LogP contribution < -0.4 is 19.1 Å². The number of sulfonamides is 1. The third kappa shape index (κ3) is 8.53. The minimum atomic E-state index is -3.78. The number of hydrogen-bond acceptors (Lipinski definition) is 7. The van der Waals surface area contributed by atoms with Crippen molar-refractivity contribution in [1.29, 1.82) is 0 Å². The van der Waals surface area contributed by atoms with Crippen molar-refractivity contribution in [2.24, 2.45) is 0 Å². The van der Waals surface area contributed by atoms with Crippen molar-refractivity contribution in [2.75, 3.05) is 38.8 Å². The lowest BCUT2D eigenvalue weighted by atomic mass is 9.70. The first-order chi connectivity index (χ1) is 27.0. The number of benzene rings is 4. The minimum Gasteiger partial charge on any atom is -0.497 e. The number of ether oxygens (including phenoxy) is 3. The van der Waals surface area contributed by atoms with Crippen molar-refractivity contribution in [3.63, 3.8) is 0 Å². The van der Waals surface area contributed by atoms with Gasteiger partial charge >= 0.3 is 0 Å². The van der Waals surface area contributed by atoms with E-state index in [2.05, 4.69) is 36.1 Å². The number of anilines is 1. The summed E-state index contributed by atoms with van der Waals surface area (Å²) in [5.41, 5.74) is 6.06. The summed E-state index contributed by atoms with van der Waals surface area (Å²) in [5.74, 6) is 1.91. The highest BCUT2D eigenvalue weighted by Gasteiger charge is 2.45. The number of likely N-dealkylation sites (tertiary alicyclic amines) is 1. The first kappa shape index (κ1) is 40.0. The zero-order chi connectivity index (χ0) is 39.5. The summed E-state index contributed by atoms with van der Waals surface area (Å²) >= 11 is 6.46. The highest BCUT2D eigenvalue weighted by Crippen LogP contribution is 2.46. The normalized spacial score (nSPS) is 20.3. The molecule has 0 bridgehead atoms. The molecule has 2 aliphatic heterocycles. The number of rotatable bonds is 13. The Labute approximate surface area is 336 Å². The molecular formula is C45H53ClFN3O5S. The molecule has 4 aromatic rings. The first-order valence-corrected chi connectivity index (χ1v) is 21.5. The SMILES string of the molecule is COc1ccc(CN(Cc2ccc(OC)cc2)S(=O)(=O)C(C)CC/C=C(\F)N2CCCC2N2CC3(CCCc4cc(Cl)ccc43)COc3ccc(C)cc32)cc1. The summed E-state index contributed by atoms with van der Waals surface area (Å²) in [6.45, 7) is 6.01. The van der Waals surface area contributed by atoms with E-state index in [1.807, 2.05) is 65.6 Å². The molecule has 4 aromatic carbocycles. The number of allylic oxidation sites excluding steroid dienone is 1. The molecule has 1 spiro atoms. The van der Waals surface area contributed by atoms with Crippen molar-refractivity contribution in [1.82, 2.24) is 9.21 Å². The molecule has 11 heteroatoms. The summed E-state index contributed by atoms with van der Waals surface area (Å²) in [6.07, 6.45) is 6.55. The van der Waals surface area contributed by atoms with Crippen molar-refractivity contribution < 1.29 is 27.0 Å². The number of fused-ring (bicyclic) bond motifs is 3. The third-order valence-electron chi connectivity index (χ3n) is 11.8. The predicted octanol–water partition coefficient (Wildman–Crippen LogP) is 9.57. The van der Waals surface area contributed by atoms with Gasteiger partial charge in [-0.25, -0.2) is 8.42 Å². The fourth-order valence-corrected chi connectivity index (χ4v) is 10.4. The highest BCUT2D eigenvalue weighted by molar-refractivity contribution is 7.89. The van der Waals surface area contributed by atoms with E-state index in [4.69, 9.17) is 25.8 Å². The molecule has 3 aliphatic rings. The molecule has 3 unspecified atom stereocenters. The van der Waals surface area contributed by atoms with Gasteiger partial charge in [0, 0.05) is 36.6 Å². The number of aryl methyl sites for hydroxylation is 2. The van der Waals surface area contributed by atoms with E-state index in [1.54, 1.807) is 27.2 Å². The fraction of sp³-hybridized carbons (Fsp3) is 0.422. The number of hydrogen-bond donors (Lipinski definition) is 0. The molecule has 298 valence electrons. The van der Waals surface area contributed by atoms with Gasteiger partial charge in [0.05, 0.1) is 31.8 Å². The number of nitrogens with zero attached hydrogens (tertiary/aromatic N) is 3. The lowest BCUT2D eigenvalue weighted by Gasteiger charge is -2.44. The van der Waals surface area contributed by atoms with Crippen LogP contribution in [0.4, 0.5) is 10.1 Å². The molecule has 8 nitrogen and oxygen atoms in total. The van der Waals surface area contributed by atoms with Gasteiger partial charge in [-0.05, 0) is 141 Å². The van der Waals surface area contributed by atoms with E-state index in [0.717, 1.165) is 65.3 Å². The smallest absolute Gasteiger partial charge is 0.217 e. The van der Waals surface area contributed by atoms with Crippen molar-refractivity contribution in [3.05, 3.63) is 130 Å². The van der Waals surface area contributed by atoms with Crippen molar-refractivity contribution >= 4 is 27.3 Å². The van der Waals surface area contributed by atoms with Gasteiger partial charge < -0.3 is 24.0 Å². The second-order valence-corrected chi connectivity index (χ2v) is 18.4. The van der Waals surface area contributed by atoms with Crippen LogP contribution in [-0.4, -0.2) is 63.0 Å². The summed E-state index contributed by atoms with van der Waals surface area (Å²) in [5, 5.41) is -0.000602. The molecule has 1 aliphatic carbocycles. The average molecular weight is 802 g/mol. The van der Waals surface area contributed by atoms with Gasteiger partial charge in [-0.1, -0.05) is 48.0 Å². The quantitative estimate of drug-likeness (QED) is 0.125. The van der Waals surface area contributed by atoms with Crippen LogP contribution in [-0.2, 0) is 34.9 Å². The summed E-state index contributed by atoms with van der Waals surface area (Å²) in [6, 6.07) is 27.4. The molecule has 0 amide bonds. The van der Waals surface area contributed by atoms with Crippen LogP contribution in [0, 0.1) is 6.92 Å². The second-order valence-electron chi connectivity index (χ2n) is 15.6. The monoisotopic (exact) mass is 801 g/mol. The molecule has 7 rings (SSSR count). The molecule has 0 aromatic heterocycles. The highest BCUT2D eigenvalue weighted by atomic mass is 35.5. The van der Waals surface area contributed by atoms with Gasteiger partial charge in [0.2, 0.25) is 10.0 Å². The lowest BCUT2D eigenvalue weighted by Crippen LogP contribution is -2.52. The van der Waals surface area contributed by atoms with Crippen molar-refractivity contribution in [3.8, 4) is 17.2 Å². The Kier molecular flexibility index (Phi) is 12.2. The minimum absolute atomic E-state index is 0.196. The van der Waals surface area contributed by atoms with Gasteiger partial charge in [-0.15, -0.1) is 0 Å². The molecule has 0 radical (unpaired) electrons. The Balaban J connectivity index is 1.10. The Morgan fingerprint density at radius 1 is 0.982 bits per heavy atom. The first-order valence-electron chi connectivity index (χ1n) is 19.7. The third-order valence-corrected chi connectivity index (χ3v) is 14.3. The van der Waals surface area contributed by atoms with Crippen LogP contribution >= 0.6 is 11.6 Å². The van der Waals surface area contributed by atoms with Crippen LogP contribution in [0.25, 0.3) is 0 Å². The van der Waals surface area contributed by atoms with Crippen molar-refractivity contribution in [2.45, 2.75) is 88.7 Å². The summed E-state index contributed by atoms with van der Waals surface area (Å²) < 4.78 is 63.8.